The van der Waals surface area contributed by atoms with Gasteiger partial charge in [0.2, 0.25) is 10.0 Å². The molecule has 7 heteroatoms. The molecule has 1 aromatic rings. The number of sulfonamides is 1. The summed E-state index contributed by atoms with van der Waals surface area (Å²) in [6, 6.07) is 2.48. The van der Waals surface area contributed by atoms with Crippen LogP contribution in [0.15, 0.2) is 17.0 Å². The van der Waals surface area contributed by atoms with Gasteiger partial charge in [-0.3, -0.25) is 0 Å². The number of morpholine rings is 1. The molecule has 0 bridgehead atoms. The van der Waals surface area contributed by atoms with Crippen LogP contribution < -0.4 is 5.73 Å². The van der Waals surface area contributed by atoms with E-state index in [1.807, 2.05) is 13.8 Å². The number of aryl methyl sites for hydroxylation is 1. The van der Waals surface area contributed by atoms with E-state index < -0.39 is 15.8 Å². The molecule has 1 saturated heterocycles. The molecule has 1 aromatic carbocycles. The molecular weight excluding hydrogens is 283 g/mol. The number of hydrogen-bond acceptors (Lipinski definition) is 4. The van der Waals surface area contributed by atoms with E-state index >= 15 is 0 Å². The molecule has 20 heavy (non-hydrogen) atoms. The van der Waals surface area contributed by atoms with Crippen LogP contribution in [0.1, 0.15) is 19.4 Å². The highest BCUT2D eigenvalue weighted by Gasteiger charge is 2.32. The van der Waals surface area contributed by atoms with Crippen molar-refractivity contribution >= 4 is 15.7 Å². The van der Waals surface area contributed by atoms with Crippen LogP contribution >= 0.6 is 0 Å². The highest BCUT2D eigenvalue weighted by molar-refractivity contribution is 7.89. The van der Waals surface area contributed by atoms with E-state index in [1.54, 1.807) is 0 Å². The molecule has 0 spiro atoms. The summed E-state index contributed by atoms with van der Waals surface area (Å²) in [5.74, 6) is -0.576. The standard InChI is InChI=1S/C13H19FN2O3S/c1-8-4-11(5-12(15)13(8)14)20(17,18)16-6-9(2)19-10(3)7-16/h4-5,9-10H,6-7,15H2,1-3H3/t9-,10+. The Hall–Kier alpha value is -1.18. The zero-order chi connectivity index (χ0) is 15.1. The minimum absolute atomic E-state index is 0.0233. The molecule has 5 nitrogen and oxygen atoms in total. The first-order valence-electron chi connectivity index (χ1n) is 6.43. The molecular formula is C13H19FN2O3S. The summed E-state index contributed by atoms with van der Waals surface area (Å²) in [5.41, 5.74) is 5.59. The Labute approximate surface area is 118 Å². The summed E-state index contributed by atoms with van der Waals surface area (Å²) < 4.78 is 45.6. The summed E-state index contributed by atoms with van der Waals surface area (Å²) in [5, 5.41) is 0. The number of nitrogen functional groups attached to an aromatic ring is 1. The van der Waals surface area contributed by atoms with Crippen LogP contribution in [0.3, 0.4) is 0 Å². The molecule has 2 N–H and O–H groups in total. The first-order valence-corrected chi connectivity index (χ1v) is 7.87. The van der Waals surface area contributed by atoms with Crippen LogP contribution in [0.2, 0.25) is 0 Å². The molecule has 0 aromatic heterocycles. The number of halogens is 1. The molecule has 2 rings (SSSR count). The zero-order valence-corrected chi connectivity index (χ0v) is 12.6. The third-order valence-electron chi connectivity index (χ3n) is 3.28. The monoisotopic (exact) mass is 302 g/mol. The van der Waals surface area contributed by atoms with Crippen molar-refractivity contribution in [3.8, 4) is 0 Å². The van der Waals surface area contributed by atoms with E-state index in [0.717, 1.165) is 0 Å². The summed E-state index contributed by atoms with van der Waals surface area (Å²) in [7, 11) is -3.68. The van der Waals surface area contributed by atoms with Gasteiger partial charge in [-0.05, 0) is 38.5 Å². The van der Waals surface area contributed by atoms with Gasteiger partial charge in [-0.25, -0.2) is 12.8 Å². The quantitative estimate of drug-likeness (QED) is 0.841. The van der Waals surface area contributed by atoms with E-state index in [0.29, 0.717) is 0 Å². The molecule has 112 valence electrons. The maximum Gasteiger partial charge on any atom is 0.243 e. The van der Waals surface area contributed by atoms with Crippen molar-refractivity contribution < 1.29 is 17.5 Å². The summed E-state index contributed by atoms with van der Waals surface area (Å²) in [6.07, 6.45) is -0.347. The molecule has 0 aliphatic carbocycles. The summed E-state index contributed by atoms with van der Waals surface area (Å²) in [4.78, 5) is 0.0233. The number of anilines is 1. The van der Waals surface area contributed by atoms with Crippen LogP contribution in [0, 0.1) is 12.7 Å². The SMILES string of the molecule is Cc1cc(S(=O)(=O)N2C[C@@H](C)O[C@@H](C)C2)cc(N)c1F. The van der Waals surface area contributed by atoms with Gasteiger partial charge in [-0.2, -0.15) is 4.31 Å². The molecule has 1 aliphatic heterocycles. The Morgan fingerprint density at radius 3 is 2.35 bits per heavy atom. The van der Waals surface area contributed by atoms with Crippen molar-refractivity contribution in [3.05, 3.63) is 23.5 Å². The molecule has 1 aliphatic rings. The Balaban J connectivity index is 2.40. The van der Waals surface area contributed by atoms with E-state index in [9.17, 15) is 12.8 Å². The van der Waals surface area contributed by atoms with Gasteiger partial charge >= 0.3 is 0 Å². The number of hydrogen-bond donors (Lipinski definition) is 1. The van der Waals surface area contributed by atoms with Gasteiger partial charge in [0.1, 0.15) is 5.82 Å². The van der Waals surface area contributed by atoms with Crippen LogP contribution in [0.5, 0.6) is 0 Å². The minimum atomic E-state index is -3.68. The van der Waals surface area contributed by atoms with E-state index in [-0.39, 0.29) is 41.4 Å². The Morgan fingerprint density at radius 2 is 1.85 bits per heavy atom. The Bertz CT molecular complexity index is 585. The predicted octanol–water partition coefficient (Wildman–Crippen LogP) is 1.51. The van der Waals surface area contributed by atoms with Gasteiger partial charge < -0.3 is 10.5 Å². The lowest BCUT2D eigenvalue weighted by Crippen LogP contribution is -2.48. The fourth-order valence-electron chi connectivity index (χ4n) is 2.39. The smallest absolute Gasteiger partial charge is 0.243 e. The highest BCUT2D eigenvalue weighted by Crippen LogP contribution is 2.25. The minimum Gasteiger partial charge on any atom is -0.396 e. The Morgan fingerprint density at radius 1 is 1.30 bits per heavy atom. The summed E-state index contributed by atoms with van der Waals surface area (Å²) in [6.45, 7) is 5.70. The number of ether oxygens (including phenoxy) is 1. The fourth-order valence-corrected chi connectivity index (χ4v) is 4.10. The van der Waals surface area contributed by atoms with Crippen molar-refractivity contribution in [1.82, 2.24) is 4.31 Å². The number of rotatable bonds is 2. The second-order valence-electron chi connectivity index (χ2n) is 5.22. The van der Waals surface area contributed by atoms with Crippen LogP contribution in [-0.4, -0.2) is 38.0 Å². The molecule has 1 heterocycles. The van der Waals surface area contributed by atoms with Gasteiger partial charge in [0.25, 0.3) is 0 Å². The average molecular weight is 302 g/mol. The predicted molar refractivity (Wildman–Crippen MR) is 74.3 cm³/mol. The number of nitrogens with zero attached hydrogens (tertiary/aromatic N) is 1. The van der Waals surface area contributed by atoms with Crippen molar-refractivity contribution in [1.29, 1.82) is 0 Å². The van der Waals surface area contributed by atoms with Crippen LogP contribution in [0.4, 0.5) is 10.1 Å². The second kappa shape index (κ2) is 5.31. The van der Waals surface area contributed by atoms with E-state index in [2.05, 4.69) is 0 Å². The van der Waals surface area contributed by atoms with Gasteiger partial charge in [0, 0.05) is 13.1 Å². The van der Waals surface area contributed by atoms with E-state index in [4.69, 9.17) is 10.5 Å². The normalized spacial score (nSPS) is 24.8. The van der Waals surface area contributed by atoms with Crippen molar-refractivity contribution in [3.63, 3.8) is 0 Å². The van der Waals surface area contributed by atoms with Crippen LogP contribution in [-0.2, 0) is 14.8 Å². The Kier molecular flexibility index (Phi) is 4.04. The lowest BCUT2D eigenvalue weighted by atomic mass is 10.2. The summed E-state index contributed by atoms with van der Waals surface area (Å²) >= 11 is 0. The van der Waals surface area contributed by atoms with Gasteiger partial charge in [0.15, 0.2) is 0 Å². The lowest BCUT2D eigenvalue weighted by Gasteiger charge is -2.34. The second-order valence-corrected chi connectivity index (χ2v) is 7.16. The topological polar surface area (TPSA) is 72.6 Å². The van der Waals surface area contributed by atoms with Crippen molar-refractivity contribution in [2.24, 2.45) is 0 Å². The average Bonchev–Trinajstić information content (AvgIpc) is 2.34. The van der Waals surface area contributed by atoms with Gasteiger partial charge in [-0.1, -0.05) is 0 Å². The third-order valence-corrected chi connectivity index (χ3v) is 5.09. The number of nitrogens with two attached hydrogens (primary N) is 1. The molecule has 1 fully saturated rings. The van der Waals surface area contributed by atoms with E-state index in [1.165, 1.54) is 23.4 Å². The molecule has 0 radical (unpaired) electrons. The third kappa shape index (κ3) is 2.79. The van der Waals surface area contributed by atoms with Gasteiger partial charge in [0.05, 0.1) is 22.8 Å². The maximum atomic E-state index is 13.5. The van der Waals surface area contributed by atoms with Crippen molar-refractivity contribution in [2.45, 2.75) is 37.9 Å². The lowest BCUT2D eigenvalue weighted by molar-refractivity contribution is -0.0440. The number of benzene rings is 1. The molecule has 0 saturated carbocycles. The largest absolute Gasteiger partial charge is 0.396 e. The zero-order valence-electron chi connectivity index (χ0n) is 11.8. The first-order chi connectivity index (χ1) is 9.21. The first kappa shape index (κ1) is 15.2. The van der Waals surface area contributed by atoms with Crippen molar-refractivity contribution in [2.75, 3.05) is 18.8 Å². The maximum absolute atomic E-state index is 13.5. The van der Waals surface area contributed by atoms with Gasteiger partial charge in [-0.15, -0.1) is 0 Å². The van der Waals surface area contributed by atoms with Crippen LogP contribution in [0.25, 0.3) is 0 Å². The highest BCUT2D eigenvalue weighted by atomic mass is 32.2. The molecule has 2 atom stereocenters. The molecule has 0 amide bonds. The molecule has 0 unspecified atom stereocenters. The fraction of sp³-hybridized carbons (Fsp3) is 0.538.